The molecule has 0 radical (unpaired) electrons. The summed E-state index contributed by atoms with van der Waals surface area (Å²) >= 11 is 15.8. The van der Waals surface area contributed by atoms with E-state index in [1.54, 1.807) is 5.01 Å². The molecule has 0 aliphatic carbocycles. The first-order valence-electron chi connectivity index (χ1n) is 6.83. The van der Waals surface area contributed by atoms with Crippen molar-refractivity contribution in [3.05, 3.63) is 67.0 Å². The van der Waals surface area contributed by atoms with E-state index < -0.39 is 0 Å². The van der Waals surface area contributed by atoms with Crippen LogP contribution in [-0.2, 0) is 0 Å². The third-order valence-electron chi connectivity index (χ3n) is 3.65. The van der Waals surface area contributed by atoms with Crippen molar-refractivity contribution in [1.29, 1.82) is 0 Å². The highest BCUT2D eigenvalue weighted by atomic mass is 79.9. The van der Waals surface area contributed by atoms with E-state index in [1.807, 2.05) is 36.4 Å². The second-order valence-corrected chi connectivity index (χ2v) is 8.08. The van der Waals surface area contributed by atoms with E-state index in [0.717, 1.165) is 36.7 Å². The molecule has 1 heterocycles. The van der Waals surface area contributed by atoms with Gasteiger partial charge in [0.25, 0.3) is 0 Å². The predicted molar refractivity (Wildman–Crippen MR) is 109 cm³/mol. The van der Waals surface area contributed by atoms with Gasteiger partial charge in [0.15, 0.2) is 5.11 Å². The van der Waals surface area contributed by atoms with Gasteiger partial charge < -0.3 is 5.73 Å². The zero-order valence-corrected chi connectivity index (χ0v) is 17.4. The van der Waals surface area contributed by atoms with E-state index in [-0.39, 0.29) is 11.2 Å². The number of thiocarbonyl (C=S) groups is 1. The molecule has 3 nitrogen and oxygen atoms in total. The Morgan fingerprint density at radius 2 is 1.83 bits per heavy atom. The highest BCUT2D eigenvalue weighted by molar-refractivity contribution is 9.13. The van der Waals surface area contributed by atoms with Crippen LogP contribution in [0.4, 0.5) is 0 Å². The third-order valence-corrected chi connectivity index (χ3v) is 6.44. The quantitative estimate of drug-likeness (QED) is 0.545. The lowest BCUT2D eigenvalue weighted by Gasteiger charge is -2.22. The minimum absolute atomic E-state index is 0.000460. The maximum atomic E-state index is 5.89. The van der Waals surface area contributed by atoms with Gasteiger partial charge >= 0.3 is 0 Å². The molecule has 0 bridgehead atoms. The van der Waals surface area contributed by atoms with Crippen LogP contribution in [0, 0.1) is 0 Å². The number of benzene rings is 2. The van der Waals surface area contributed by atoms with Gasteiger partial charge in [-0.15, -0.1) is 0 Å². The summed E-state index contributed by atoms with van der Waals surface area (Å²) in [5.41, 5.74) is 9.02. The summed E-state index contributed by atoms with van der Waals surface area (Å²) in [6.07, 6.45) is 0.744. The first kappa shape index (κ1) is 17.1. The third kappa shape index (κ3) is 3.52. The van der Waals surface area contributed by atoms with Gasteiger partial charge in [0, 0.05) is 19.8 Å². The summed E-state index contributed by atoms with van der Waals surface area (Å²) < 4.78 is 3.03. The molecule has 0 spiro atoms. The molecular weight excluding hydrogens is 506 g/mol. The molecule has 0 saturated heterocycles. The van der Waals surface area contributed by atoms with E-state index in [1.165, 1.54) is 0 Å². The first-order valence-corrected chi connectivity index (χ1v) is 9.62. The maximum absolute atomic E-state index is 5.89. The summed E-state index contributed by atoms with van der Waals surface area (Å²) in [6.45, 7) is 0. The standard InChI is InChI=1S/C16H12Br3N3S/c17-11-4-2-1-3-10(11)15-8-14(21-22(15)16(20)23)9-5-6-12(18)13(19)7-9/h1-7,15H,8H2,(H2,20,23). The molecule has 1 aliphatic heterocycles. The van der Waals surface area contributed by atoms with Crippen molar-refractivity contribution in [1.82, 2.24) is 5.01 Å². The highest BCUT2D eigenvalue weighted by Crippen LogP contribution is 2.36. The van der Waals surface area contributed by atoms with Gasteiger partial charge in [-0.25, -0.2) is 5.01 Å². The number of rotatable bonds is 2. The molecule has 0 saturated carbocycles. The van der Waals surface area contributed by atoms with Crippen molar-refractivity contribution in [2.24, 2.45) is 10.8 Å². The Morgan fingerprint density at radius 1 is 1.09 bits per heavy atom. The molecule has 2 aromatic carbocycles. The zero-order chi connectivity index (χ0) is 16.6. The fourth-order valence-electron chi connectivity index (χ4n) is 2.55. The Labute approximate surface area is 165 Å². The summed E-state index contributed by atoms with van der Waals surface area (Å²) in [4.78, 5) is 0. The second kappa shape index (κ2) is 7.01. The lowest BCUT2D eigenvalue weighted by Crippen LogP contribution is -2.31. The normalized spacial score (nSPS) is 17.3. The molecule has 1 unspecified atom stereocenters. The molecule has 2 N–H and O–H groups in total. The van der Waals surface area contributed by atoms with Crippen LogP contribution in [0.2, 0.25) is 0 Å². The van der Waals surface area contributed by atoms with Crippen molar-refractivity contribution in [3.63, 3.8) is 0 Å². The predicted octanol–water partition coefficient (Wildman–Crippen LogP) is 5.37. The van der Waals surface area contributed by atoms with Crippen LogP contribution < -0.4 is 5.73 Å². The van der Waals surface area contributed by atoms with Crippen molar-refractivity contribution in [2.75, 3.05) is 0 Å². The Morgan fingerprint density at radius 3 is 2.48 bits per heavy atom. The lowest BCUT2D eigenvalue weighted by molar-refractivity contribution is 0.371. The molecule has 2 aromatic rings. The molecular formula is C16H12Br3N3S. The Kier molecular flexibility index (Phi) is 5.20. The monoisotopic (exact) mass is 515 g/mol. The van der Waals surface area contributed by atoms with E-state index >= 15 is 0 Å². The summed E-state index contributed by atoms with van der Waals surface area (Å²) in [7, 11) is 0. The number of nitrogens with zero attached hydrogens (tertiary/aromatic N) is 2. The Bertz CT molecular complexity index is 807. The molecule has 0 fully saturated rings. The van der Waals surface area contributed by atoms with Crippen LogP contribution in [0.25, 0.3) is 0 Å². The van der Waals surface area contributed by atoms with Crippen LogP contribution in [-0.4, -0.2) is 15.8 Å². The van der Waals surface area contributed by atoms with E-state index in [0.29, 0.717) is 0 Å². The largest absolute Gasteiger partial charge is 0.375 e. The van der Waals surface area contributed by atoms with Gasteiger partial charge in [0.2, 0.25) is 0 Å². The van der Waals surface area contributed by atoms with Gasteiger partial charge in [0.05, 0.1) is 11.8 Å². The molecule has 0 amide bonds. The van der Waals surface area contributed by atoms with Gasteiger partial charge in [0.1, 0.15) is 0 Å². The summed E-state index contributed by atoms with van der Waals surface area (Å²) in [5, 5.41) is 6.65. The van der Waals surface area contributed by atoms with Gasteiger partial charge in [-0.05, 0) is 73.4 Å². The highest BCUT2D eigenvalue weighted by Gasteiger charge is 2.31. The lowest BCUT2D eigenvalue weighted by atomic mass is 9.99. The van der Waals surface area contributed by atoms with E-state index in [2.05, 4.69) is 59.0 Å². The average molecular weight is 518 g/mol. The molecule has 0 aromatic heterocycles. The Hall–Kier alpha value is -0.760. The maximum Gasteiger partial charge on any atom is 0.187 e. The van der Waals surface area contributed by atoms with Gasteiger partial charge in [-0.3, -0.25) is 0 Å². The molecule has 3 rings (SSSR count). The fourth-order valence-corrected chi connectivity index (χ4v) is 3.89. The van der Waals surface area contributed by atoms with Crippen LogP contribution in [0.1, 0.15) is 23.6 Å². The fraction of sp³-hybridized carbons (Fsp3) is 0.125. The van der Waals surface area contributed by atoms with Gasteiger partial charge in [-0.1, -0.05) is 40.2 Å². The number of hydrazone groups is 1. The minimum atomic E-state index is 0.000460. The first-order chi connectivity index (χ1) is 11.0. The summed E-state index contributed by atoms with van der Waals surface area (Å²) in [6, 6.07) is 14.2. The topological polar surface area (TPSA) is 41.6 Å². The molecule has 118 valence electrons. The van der Waals surface area contributed by atoms with Crippen LogP contribution in [0.5, 0.6) is 0 Å². The average Bonchev–Trinajstić information content (AvgIpc) is 2.96. The zero-order valence-electron chi connectivity index (χ0n) is 11.8. The van der Waals surface area contributed by atoms with Gasteiger partial charge in [-0.2, -0.15) is 5.10 Å². The van der Waals surface area contributed by atoms with Crippen molar-refractivity contribution >= 4 is 70.8 Å². The van der Waals surface area contributed by atoms with Crippen LogP contribution in [0.3, 0.4) is 0 Å². The number of hydrogen-bond acceptors (Lipinski definition) is 2. The SMILES string of the molecule is NC(=S)N1N=C(c2ccc(Br)c(Br)c2)CC1c1ccccc1Br. The number of halogens is 3. The van der Waals surface area contributed by atoms with Crippen molar-refractivity contribution in [3.8, 4) is 0 Å². The Balaban J connectivity index is 1.99. The molecule has 7 heteroatoms. The smallest absolute Gasteiger partial charge is 0.187 e. The van der Waals surface area contributed by atoms with E-state index in [9.17, 15) is 0 Å². The minimum Gasteiger partial charge on any atom is -0.375 e. The summed E-state index contributed by atoms with van der Waals surface area (Å²) in [5.74, 6) is 0. The van der Waals surface area contributed by atoms with Crippen LogP contribution in [0.15, 0.2) is 61.0 Å². The second-order valence-electron chi connectivity index (χ2n) is 5.10. The van der Waals surface area contributed by atoms with Crippen molar-refractivity contribution < 1.29 is 0 Å². The van der Waals surface area contributed by atoms with Crippen LogP contribution >= 0.6 is 60.0 Å². The molecule has 23 heavy (non-hydrogen) atoms. The van der Waals surface area contributed by atoms with E-state index in [4.69, 9.17) is 18.0 Å². The number of nitrogens with two attached hydrogens (primary N) is 1. The molecule has 1 atom stereocenters. The molecule has 1 aliphatic rings. The number of hydrogen-bond donors (Lipinski definition) is 1. The van der Waals surface area contributed by atoms with Crippen molar-refractivity contribution in [2.45, 2.75) is 12.5 Å².